The summed E-state index contributed by atoms with van der Waals surface area (Å²) in [6, 6.07) is 8.13. The number of hydrogen-bond donors (Lipinski definition) is 2. The molecule has 14 heteroatoms. The molecular formula is C21H27ClF6N2O5. The van der Waals surface area contributed by atoms with E-state index in [4.69, 9.17) is 36.1 Å². The monoisotopic (exact) mass is 536 g/mol. The van der Waals surface area contributed by atoms with Crippen molar-refractivity contribution >= 4 is 23.5 Å². The molecule has 0 saturated carbocycles. The van der Waals surface area contributed by atoms with Crippen LogP contribution >= 0.6 is 11.6 Å². The van der Waals surface area contributed by atoms with Gasteiger partial charge in [-0.05, 0) is 51.0 Å². The van der Waals surface area contributed by atoms with E-state index < -0.39 is 24.3 Å². The van der Waals surface area contributed by atoms with Crippen molar-refractivity contribution in [2.45, 2.75) is 37.3 Å². The number of alkyl halides is 6. The lowest BCUT2D eigenvalue weighted by molar-refractivity contribution is -0.193. The van der Waals surface area contributed by atoms with Crippen LogP contribution in [-0.2, 0) is 20.9 Å². The fourth-order valence-electron chi connectivity index (χ4n) is 3.65. The molecule has 0 aromatic heterocycles. The first-order chi connectivity index (χ1) is 16.0. The fraction of sp³-hybridized carbons (Fsp3) is 0.619. The number of hydrogen-bond acceptors (Lipinski definition) is 5. The zero-order valence-corrected chi connectivity index (χ0v) is 19.8. The van der Waals surface area contributed by atoms with Crippen molar-refractivity contribution in [3.8, 4) is 0 Å². The lowest BCUT2D eigenvalue weighted by Gasteiger charge is -2.50. The van der Waals surface area contributed by atoms with Crippen LogP contribution in [0.5, 0.6) is 0 Å². The normalized spacial score (nSPS) is 19.3. The van der Waals surface area contributed by atoms with E-state index >= 15 is 0 Å². The maximum absolute atomic E-state index is 10.6. The third-order valence-electron chi connectivity index (χ3n) is 5.34. The van der Waals surface area contributed by atoms with Gasteiger partial charge in [-0.3, -0.25) is 4.90 Å². The van der Waals surface area contributed by atoms with E-state index in [0.29, 0.717) is 5.92 Å². The van der Waals surface area contributed by atoms with Gasteiger partial charge in [0.1, 0.15) is 0 Å². The van der Waals surface area contributed by atoms with Crippen molar-refractivity contribution in [2.75, 3.05) is 40.3 Å². The number of carboxylic acid groups (broad SMARTS) is 2. The molecule has 2 aliphatic rings. The number of aliphatic carboxylic acids is 2. The van der Waals surface area contributed by atoms with Crippen LogP contribution in [0.3, 0.4) is 0 Å². The van der Waals surface area contributed by atoms with Crippen LogP contribution in [0.1, 0.15) is 18.4 Å². The number of carboxylic acids is 2. The van der Waals surface area contributed by atoms with Crippen LogP contribution in [0.15, 0.2) is 24.3 Å². The minimum absolute atomic E-state index is 0.122. The lowest BCUT2D eigenvalue weighted by Crippen LogP contribution is -2.64. The van der Waals surface area contributed by atoms with Crippen LogP contribution in [-0.4, -0.2) is 90.2 Å². The minimum Gasteiger partial charge on any atom is -0.475 e. The highest BCUT2D eigenvalue weighted by molar-refractivity contribution is 6.31. The van der Waals surface area contributed by atoms with Gasteiger partial charge in [0.15, 0.2) is 0 Å². The fourth-order valence-corrected chi connectivity index (χ4v) is 3.84. The number of likely N-dealkylation sites (tertiary alicyclic amines) is 1. The predicted octanol–water partition coefficient (Wildman–Crippen LogP) is 4.15. The van der Waals surface area contributed by atoms with E-state index in [9.17, 15) is 26.3 Å². The molecule has 1 spiro atoms. The SMILES string of the molecule is CN(C)CCC1CCOC12CN(Cc1ccccc1Cl)C2.O=C(O)C(F)(F)F.O=C(O)C(F)(F)F. The maximum Gasteiger partial charge on any atom is 0.490 e. The molecule has 0 radical (unpaired) electrons. The van der Waals surface area contributed by atoms with Crippen LogP contribution < -0.4 is 0 Å². The second-order valence-corrected chi connectivity index (χ2v) is 8.74. The van der Waals surface area contributed by atoms with E-state index in [1.807, 2.05) is 12.1 Å². The Hall–Kier alpha value is -2.09. The van der Waals surface area contributed by atoms with Gasteiger partial charge in [-0.15, -0.1) is 0 Å². The maximum atomic E-state index is 10.6. The molecule has 200 valence electrons. The first kappa shape index (κ1) is 30.9. The van der Waals surface area contributed by atoms with Gasteiger partial charge < -0.3 is 19.8 Å². The average molecular weight is 537 g/mol. The molecule has 2 fully saturated rings. The Labute approximate surface area is 203 Å². The molecule has 0 aliphatic carbocycles. The van der Waals surface area contributed by atoms with E-state index in [-0.39, 0.29) is 5.60 Å². The number of rotatable bonds is 5. The molecule has 1 aromatic carbocycles. The van der Waals surface area contributed by atoms with Crippen molar-refractivity contribution in [1.29, 1.82) is 0 Å². The molecule has 3 rings (SSSR count). The van der Waals surface area contributed by atoms with E-state index in [1.165, 1.54) is 18.4 Å². The molecule has 1 unspecified atom stereocenters. The lowest BCUT2D eigenvalue weighted by atomic mass is 9.78. The Morgan fingerprint density at radius 1 is 1.09 bits per heavy atom. The summed E-state index contributed by atoms with van der Waals surface area (Å²) in [5, 5.41) is 15.1. The van der Waals surface area contributed by atoms with Crippen molar-refractivity contribution in [2.24, 2.45) is 5.92 Å². The van der Waals surface area contributed by atoms with Gasteiger partial charge in [-0.25, -0.2) is 9.59 Å². The zero-order valence-electron chi connectivity index (χ0n) is 19.0. The Balaban J connectivity index is 0.000000362. The molecule has 1 aromatic rings. The Kier molecular flexibility index (Phi) is 11.3. The summed E-state index contributed by atoms with van der Waals surface area (Å²) < 4.78 is 69.6. The van der Waals surface area contributed by atoms with Gasteiger partial charge in [0.2, 0.25) is 0 Å². The quantitative estimate of drug-likeness (QED) is 0.546. The summed E-state index contributed by atoms with van der Waals surface area (Å²) in [4.78, 5) is 22.5. The van der Waals surface area contributed by atoms with Gasteiger partial charge in [0.25, 0.3) is 0 Å². The molecule has 35 heavy (non-hydrogen) atoms. The second kappa shape index (κ2) is 12.7. The van der Waals surface area contributed by atoms with Crippen LogP contribution in [0.25, 0.3) is 0 Å². The van der Waals surface area contributed by atoms with Crippen molar-refractivity contribution in [3.05, 3.63) is 34.9 Å². The van der Waals surface area contributed by atoms with Crippen molar-refractivity contribution in [3.63, 3.8) is 0 Å². The molecule has 2 heterocycles. The van der Waals surface area contributed by atoms with E-state index in [2.05, 4.69) is 36.0 Å². The molecule has 0 bridgehead atoms. The smallest absolute Gasteiger partial charge is 0.475 e. The van der Waals surface area contributed by atoms with Gasteiger partial charge in [-0.1, -0.05) is 29.8 Å². The number of ether oxygens (including phenoxy) is 1. The minimum atomic E-state index is -5.08. The molecule has 2 saturated heterocycles. The molecule has 1 atom stereocenters. The highest BCUT2D eigenvalue weighted by Crippen LogP contribution is 2.42. The highest BCUT2D eigenvalue weighted by atomic mass is 35.5. The number of halogens is 7. The summed E-state index contributed by atoms with van der Waals surface area (Å²) in [6.07, 6.45) is -7.71. The Morgan fingerprint density at radius 2 is 1.57 bits per heavy atom. The molecule has 0 amide bonds. The average Bonchev–Trinajstić information content (AvgIpc) is 3.11. The van der Waals surface area contributed by atoms with Crippen LogP contribution in [0, 0.1) is 5.92 Å². The first-order valence-electron chi connectivity index (χ1n) is 10.3. The van der Waals surface area contributed by atoms with Crippen LogP contribution in [0.4, 0.5) is 26.3 Å². The van der Waals surface area contributed by atoms with Crippen molar-refractivity contribution in [1.82, 2.24) is 9.80 Å². The third kappa shape index (κ3) is 10.2. The van der Waals surface area contributed by atoms with E-state index in [1.54, 1.807) is 0 Å². The molecular weight excluding hydrogens is 510 g/mol. The summed E-state index contributed by atoms with van der Waals surface area (Å²) >= 11 is 6.25. The van der Waals surface area contributed by atoms with Crippen molar-refractivity contribution < 1.29 is 50.9 Å². The molecule has 2 N–H and O–H groups in total. The largest absolute Gasteiger partial charge is 0.490 e. The first-order valence-corrected chi connectivity index (χ1v) is 10.7. The number of carbonyl (C=O) groups is 2. The number of nitrogens with zero attached hydrogens (tertiary/aromatic N) is 2. The zero-order chi connectivity index (χ0) is 27.0. The van der Waals surface area contributed by atoms with Gasteiger partial charge >= 0.3 is 24.3 Å². The standard InChI is InChI=1S/C17H25ClN2O.2C2HF3O2/c1-19(2)9-7-15-8-10-21-17(15)12-20(13-17)11-14-5-3-4-6-16(14)18;2*3-2(4,5)1(6)7/h3-6,15H,7-13H2,1-2H3;2*(H,6,7). The van der Waals surface area contributed by atoms with Gasteiger partial charge in [0, 0.05) is 31.3 Å². The topological polar surface area (TPSA) is 90.3 Å². The van der Waals surface area contributed by atoms with Crippen LogP contribution in [0.2, 0.25) is 5.02 Å². The number of benzene rings is 1. The second-order valence-electron chi connectivity index (χ2n) is 8.33. The summed E-state index contributed by atoms with van der Waals surface area (Å²) in [6.45, 7) is 5.12. The summed E-state index contributed by atoms with van der Waals surface area (Å²) in [7, 11) is 4.29. The summed E-state index contributed by atoms with van der Waals surface area (Å²) in [5.41, 5.74) is 1.34. The van der Waals surface area contributed by atoms with Gasteiger partial charge in [-0.2, -0.15) is 26.3 Å². The Bertz CT molecular complexity index is 820. The molecule has 2 aliphatic heterocycles. The molecule has 7 nitrogen and oxygen atoms in total. The van der Waals surface area contributed by atoms with E-state index in [0.717, 1.165) is 37.8 Å². The third-order valence-corrected chi connectivity index (χ3v) is 5.71. The summed E-state index contributed by atoms with van der Waals surface area (Å²) in [5.74, 6) is -4.80. The predicted molar refractivity (Wildman–Crippen MR) is 114 cm³/mol. The highest BCUT2D eigenvalue weighted by Gasteiger charge is 2.52. The Morgan fingerprint density at radius 3 is 2.00 bits per heavy atom. The van der Waals surface area contributed by atoms with Gasteiger partial charge in [0.05, 0.1) is 5.60 Å².